The highest BCUT2D eigenvalue weighted by molar-refractivity contribution is 7.10. The molecule has 5 heteroatoms. The smallest absolute Gasteiger partial charge is 0.310 e. The van der Waals surface area contributed by atoms with Crippen molar-refractivity contribution >= 4 is 34.9 Å². The Balaban J connectivity index is 2.05. The molecule has 1 aromatic heterocycles. The minimum Gasteiger partial charge on any atom is -0.493 e. The topological polar surface area (TPSA) is 54.6 Å². The summed E-state index contributed by atoms with van der Waals surface area (Å²) >= 11 is 1.06. The largest absolute Gasteiger partial charge is 0.493 e. The van der Waals surface area contributed by atoms with Crippen LogP contribution in [-0.4, -0.2) is 15.9 Å². The molecule has 2 heterocycles. The van der Waals surface area contributed by atoms with Crippen molar-refractivity contribution in [1.29, 1.82) is 0 Å². The molecule has 0 unspecified atom stereocenters. The summed E-state index contributed by atoms with van der Waals surface area (Å²) < 4.78 is 1.41. The maximum absolute atomic E-state index is 11.8. The van der Waals surface area contributed by atoms with E-state index in [1.165, 1.54) is 4.57 Å². The monoisotopic (exact) mass is 286 g/mol. The van der Waals surface area contributed by atoms with Gasteiger partial charge in [0, 0.05) is 23.9 Å². The van der Waals surface area contributed by atoms with Gasteiger partial charge in [-0.2, -0.15) is 0 Å². The second-order valence-electron chi connectivity index (χ2n) is 4.58. The number of rotatable bonds is 3. The van der Waals surface area contributed by atoms with Gasteiger partial charge >= 0.3 is 4.87 Å². The predicted octanol–water partition coefficient (Wildman–Crippen LogP) is 3.28. The zero-order chi connectivity index (χ0) is 14.1. The van der Waals surface area contributed by atoms with Crippen molar-refractivity contribution in [2.45, 2.75) is 19.9 Å². The van der Waals surface area contributed by atoms with Gasteiger partial charge in [0.15, 0.2) is 0 Å². The van der Waals surface area contributed by atoms with E-state index in [1.807, 2.05) is 37.3 Å². The number of aliphatic imine (C=N–C) groups is 1. The van der Waals surface area contributed by atoms with Crippen LogP contribution >= 0.6 is 11.3 Å². The van der Waals surface area contributed by atoms with Gasteiger partial charge in [0.1, 0.15) is 0 Å². The lowest BCUT2D eigenvalue weighted by Gasteiger charge is -2.01. The van der Waals surface area contributed by atoms with Crippen LogP contribution in [0.1, 0.15) is 23.8 Å². The summed E-state index contributed by atoms with van der Waals surface area (Å²) in [5.41, 5.74) is 2.86. The van der Waals surface area contributed by atoms with Crippen LogP contribution in [-0.2, 0) is 6.54 Å². The Morgan fingerprint density at radius 3 is 3.00 bits per heavy atom. The molecule has 0 amide bonds. The summed E-state index contributed by atoms with van der Waals surface area (Å²) in [7, 11) is 0. The van der Waals surface area contributed by atoms with Crippen molar-refractivity contribution in [2.75, 3.05) is 0 Å². The summed E-state index contributed by atoms with van der Waals surface area (Å²) in [6, 6.07) is 7.81. The minimum absolute atomic E-state index is 0.0483. The zero-order valence-corrected chi connectivity index (χ0v) is 11.9. The first-order chi connectivity index (χ1) is 9.70. The number of aromatic nitrogens is 1. The highest BCUT2D eigenvalue weighted by Gasteiger charge is 2.15. The van der Waals surface area contributed by atoms with E-state index in [9.17, 15) is 9.90 Å². The summed E-state index contributed by atoms with van der Waals surface area (Å²) in [6.07, 6.45) is 4.39. The predicted molar refractivity (Wildman–Crippen MR) is 83.0 cm³/mol. The van der Waals surface area contributed by atoms with E-state index in [0.29, 0.717) is 11.4 Å². The molecule has 1 aliphatic heterocycles. The molecule has 20 heavy (non-hydrogen) atoms. The van der Waals surface area contributed by atoms with Crippen LogP contribution < -0.4 is 4.87 Å². The molecule has 2 aromatic rings. The second kappa shape index (κ2) is 5.09. The molecule has 1 N–H and O–H groups in total. The lowest BCUT2D eigenvalue weighted by molar-refractivity contribution is 0.411. The van der Waals surface area contributed by atoms with Crippen LogP contribution in [0.25, 0.3) is 11.6 Å². The number of nitrogens with zero attached hydrogens (tertiary/aromatic N) is 2. The quantitative estimate of drug-likeness (QED) is 0.941. The molecule has 0 atom stereocenters. The van der Waals surface area contributed by atoms with Gasteiger partial charge in [0.25, 0.3) is 0 Å². The molecule has 0 radical (unpaired) electrons. The second-order valence-corrected chi connectivity index (χ2v) is 5.58. The van der Waals surface area contributed by atoms with Crippen LogP contribution in [0.3, 0.4) is 0 Å². The summed E-state index contributed by atoms with van der Waals surface area (Å²) in [4.78, 5) is 16.6. The molecule has 0 saturated heterocycles. The Morgan fingerprint density at radius 2 is 2.20 bits per heavy atom. The number of benzene rings is 1. The first-order valence-electron chi connectivity index (χ1n) is 6.48. The molecule has 102 valence electrons. The van der Waals surface area contributed by atoms with Gasteiger partial charge in [-0.05, 0) is 18.6 Å². The molecule has 0 aliphatic carbocycles. The number of allylic oxidation sites excluding steroid dienone is 1. The molecular formula is C15H14N2O2S. The average molecular weight is 286 g/mol. The summed E-state index contributed by atoms with van der Waals surface area (Å²) in [5, 5.41) is 10.1. The van der Waals surface area contributed by atoms with Crippen molar-refractivity contribution in [1.82, 2.24) is 4.57 Å². The molecule has 0 spiro atoms. The molecule has 0 fully saturated rings. The Hall–Kier alpha value is -2.14. The highest BCUT2D eigenvalue weighted by Crippen LogP contribution is 2.34. The Bertz CT molecular complexity index is 768. The van der Waals surface area contributed by atoms with Gasteiger partial charge in [0.05, 0.1) is 10.6 Å². The van der Waals surface area contributed by atoms with E-state index in [0.717, 1.165) is 34.6 Å². The lowest BCUT2D eigenvalue weighted by atomic mass is 10.1. The normalized spacial score (nSPS) is 14.9. The Labute approximate surface area is 120 Å². The van der Waals surface area contributed by atoms with Gasteiger partial charge in [0.2, 0.25) is 5.88 Å². The van der Waals surface area contributed by atoms with Gasteiger partial charge < -0.3 is 5.11 Å². The maximum Gasteiger partial charge on any atom is 0.310 e. The molecule has 0 saturated carbocycles. The average Bonchev–Trinajstić information content (AvgIpc) is 2.97. The van der Waals surface area contributed by atoms with Crippen molar-refractivity contribution in [2.24, 2.45) is 4.99 Å². The Morgan fingerprint density at radius 1 is 1.40 bits per heavy atom. The highest BCUT2D eigenvalue weighted by atomic mass is 32.1. The summed E-state index contributed by atoms with van der Waals surface area (Å²) in [6.45, 7) is 2.51. The molecular weight excluding hydrogens is 272 g/mol. The molecule has 1 aromatic carbocycles. The van der Waals surface area contributed by atoms with Crippen molar-refractivity contribution in [3.8, 4) is 5.88 Å². The van der Waals surface area contributed by atoms with E-state index in [2.05, 4.69) is 4.99 Å². The van der Waals surface area contributed by atoms with Crippen LogP contribution in [0.2, 0.25) is 0 Å². The van der Waals surface area contributed by atoms with E-state index in [-0.39, 0.29) is 10.8 Å². The van der Waals surface area contributed by atoms with Gasteiger partial charge in [-0.15, -0.1) is 0 Å². The van der Waals surface area contributed by atoms with Crippen LogP contribution in [0.4, 0.5) is 5.69 Å². The zero-order valence-electron chi connectivity index (χ0n) is 11.0. The third-order valence-electron chi connectivity index (χ3n) is 3.19. The SMILES string of the molecule is CCCn1c(O)c(C=C2C=Nc3ccccc32)sc1=O. The number of hydrogen-bond donors (Lipinski definition) is 1. The number of thiazole rings is 1. The number of aromatic hydroxyl groups is 1. The minimum atomic E-state index is -0.126. The molecule has 4 nitrogen and oxygen atoms in total. The van der Waals surface area contributed by atoms with Crippen molar-refractivity contribution in [3.63, 3.8) is 0 Å². The molecule has 0 bridgehead atoms. The first-order valence-corrected chi connectivity index (χ1v) is 7.30. The standard InChI is InChI=1S/C15H14N2O2S/c1-2-7-17-14(18)13(20-15(17)19)8-10-9-16-12-6-4-3-5-11(10)12/h3-6,8-9,18H,2,7H2,1H3. The van der Waals surface area contributed by atoms with Crippen LogP contribution in [0, 0.1) is 0 Å². The van der Waals surface area contributed by atoms with Crippen LogP contribution in [0.5, 0.6) is 5.88 Å². The lowest BCUT2D eigenvalue weighted by Crippen LogP contribution is -2.11. The van der Waals surface area contributed by atoms with E-state index >= 15 is 0 Å². The summed E-state index contributed by atoms with van der Waals surface area (Å²) in [5.74, 6) is 0.0483. The fraction of sp³-hybridized carbons (Fsp3) is 0.200. The molecule has 3 rings (SSSR count). The number of para-hydroxylation sites is 1. The number of fused-ring (bicyclic) bond motifs is 1. The third-order valence-corrected chi connectivity index (χ3v) is 4.10. The van der Waals surface area contributed by atoms with E-state index < -0.39 is 0 Å². The maximum atomic E-state index is 11.8. The Kier molecular flexibility index (Phi) is 3.28. The van der Waals surface area contributed by atoms with Gasteiger partial charge in [-0.1, -0.05) is 36.5 Å². The molecule has 1 aliphatic rings. The van der Waals surface area contributed by atoms with Crippen LogP contribution in [0.15, 0.2) is 34.1 Å². The van der Waals surface area contributed by atoms with E-state index in [4.69, 9.17) is 0 Å². The number of hydrogen-bond acceptors (Lipinski definition) is 4. The van der Waals surface area contributed by atoms with Crippen molar-refractivity contribution < 1.29 is 5.11 Å². The third kappa shape index (κ3) is 2.10. The fourth-order valence-corrected chi connectivity index (χ4v) is 3.09. The van der Waals surface area contributed by atoms with Gasteiger partial charge in [-0.25, -0.2) is 0 Å². The van der Waals surface area contributed by atoms with Gasteiger partial charge in [-0.3, -0.25) is 14.4 Å². The fourth-order valence-electron chi connectivity index (χ4n) is 2.22. The first kappa shape index (κ1) is 12.9. The van der Waals surface area contributed by atoms with Crippen molar-refractivity contribution in [3.05, 3.63) is 44.4 Å². The van der Waals surface area contributed by atoms with E-state index in [1.54, 1.807) is 6.21 Å².